The van der Waals surface area contributed by atoms with Crippen LogP contribution in [-0.2, 0) is 11.4 Å². The first kappa shape index (κ1) is 20.8. The Hall–Kier alpha value is -2.88. The van der Waals surface area contributed by atoms with Crippen LogP contribution in [0.25, 0.3) is 6.08 Å². The van der Waals surface area contributed by atoms with Crippen LogP contribution in [0.5, 0.6) is 11.5 Å². The molecule has 1 saturated heterocycles. The Labute approximate surface area is 178 Å². The van der Waals surface area contributed by atoms with E-state index in [1.54, 1.807) is 18.2 Å². The topological polar surface area (TPSA) is 55.8 Å². The highest BCUT2D eigenvalue weighted by molar-refractivity contribution is 8.18. The van der Waals surface area contributed by atoms with Gasteiger partial charge in [0.05, 0.1) is 23.6 Å². The number of ether oxygens (including phenoxy) is 2. The second-order valence-electron chi connectivity index (χ2n) is 6.28. The fraction of sp³-hybridized carbons (Fsp3) is 0.182. The third kappa shape index (κ3) is 4.76. The molecule has 148 valence electrons. The molecule has 29 heavy (non-hydrogen) atoms. The number of amides is 2. The van der Waals surface area contributed by atoms with Crippen molar-refractivity contribution in [3.05, 3.63) is 63.0 Å². The molecule has 2 aromatic carbocycles. The van der Waals surface area contributed by atoms with Gasteiger partial charge in [-0.25, -0.2) is 0 Å². The van der Waals surface area contributed by atoms with E-state index in [9.17, 15) is 9.59 Å². The Morgan fingerprint density at radius 3 is 2.76 bits per heavy atom. The van der Waals surface area contributed by atoms with E-state index in [2.05, 4.69) is 5.92 Å². The van der Waals surface area contributed by atoms with E-state index < -0.39 is 11.1 Å². The lowest BCUT2D eigenvalue weighted by molar-refractivity contribution is -0.122. The molecule has 0 bridgehead atoms. The van der Waals surface area contributed by atoms with Gasteiger partial charge < -0.3 is 9.47 Å². The lowest BCUT2D eigenvalue weighted by Crippen LogP contribution is -2.28. The highest BCUT2D eigenvalue weighted by atomic mass is 35.5. The van der Waals surface area contributed by atoms with Crippen molar-refractivity contribution < 1.29 is 19.1 Å². The van der Waals surface area contributed by atoms with Crippen LogP contribution < -0.4 is 9.47 Å². The smallest absolute Gasteiger partial charge is 0.294 e. The molecular formula is C22H18ClNO4S. The summed E-state index contributed by atoms with van der Waals surface area (Å²) in [4.78, 5) is 25.6. The molecule has 3 rings (SSSR count). The zero-order valence-electron chi connectivity index (χ0n) is 15.9. The summed E-state index contributed by atoms with van der Waals surface area (Å²) in [7, 11) is 1.51. The third-order valence-corrected chi connectivity index (χ3v) is 5.33. The van der Waals surface area contributed by atoms with Crippen molar-refractivity contribution in [2.45, 2.75) is 13.5 Å². The Bertz CT molecular complexity index is 1040. The Morgan fingerprint density at radius 2 is 2.07 bits per heavy atom. The van der Waals surface area contributed by atoms with E-state index in [4.69, 9.17) is 27.5 Å². The number of halogens is 1. The van der Waals surface area contributed by atoms with Crippen LogP contribution in [0.2, 0.25) is 5.02 Å². The van der Waals surface area contributed by atoms with Gasteiger partial charge in [0.15, 0.2) is 11.5 Å². The number of benzene rings is 2. The average Bonchev–Trinajstić information content (AvgIpc) is 2.94. The fourth-order valence-corrected chi connectivity index (χ4v) is 3.91. The van der Waals surface area contributed by atoms with Crippen molar-refractivity contribution in [1.29, 1.82) is 0 Å². The number of terminal acetylenes is 1. The number of hydrogen-bond donors (Lipinski definition) is 0. The summed E-state index contributed by atoms with van der Waals surface area (Å²) >= 11 is 7.25. The zero-order valence-corrected chi connectivity index (χ0v) is 17.5. The Kier molecular flexibility index (Phi) is 6.53. The molecule has 7 heteroatoms. The van der Waals surface area contributed by atoms with Crippen molar-refractivity contribution in [2.75, 3.05) is 13.7 Å². The minimum atomic E-state index is -0.423. The molecule has 1 aliphatic rings. The van der Waals surface area contributed by atoms with Gasteiger partial charge in [-0.05, 0) is 48.0 Å². The van der Waals surface area contributed by atoms with Gasteiger partial charge >= 0.3 is 0 Å². The van der Waals surface area contributed by atoms with Gasteiger partial charge in [-0.1, -0.05) is 47.4 Å². The van der Waals surface area contributed by atoms with E-state index in [1.165, 1.54) is 7.11 Å². The number of rotatable bonds is 6. The van der Waals surface area contributed by atoms with Crippen molar-refractivity contribution in [3.63, 3.8) is 0 Å². The van der Waals surface area contributed by atoms with Crippen LogP contribution in [0.3, 0.4) is 0 Å². The number of imide groups is 1. The first-order valence-corrected chi connectivity index (χ1v) is 9.87. The molecule has 0 N–H and O–H groups in total. The number of carbonyl (C=O) groups excluding carboxylic acids is 2. The van der Waals surface area contributed by atoms with E-state index in [0.29, 0.717) is 28.7 Å². The molecule has 0 aromatic heterocycles. The molecule has 1 heterocycles. The number of aryl methyl sites for hydroxylation is 1. The second kappa shape index (κ2) is 9.08. The summed E-state index contributed by atoms with van der Waals surface area (Å²) in [5.41, 5.74) is 2.76. The Balaban J connectivity index is 1.84. The SMILES string of the molecule is C#CCN1C(=O)S/C(=C/c2cc(Cl)c(OCc3cccc(C)c3)c(OC)c2)C1=O. The quantitative estimate of drug-likeness (QED) is 0.484. The summed E-state index contributed by atoms with van der Waals surface area (Å²) in [5, 5.41) is -0.0542. The maximum Gasteiger partial charge on any atom is 0.294 e. The third-order valence-electron chi connectivity index (χ3n) is 4.14. The summed E-state index contributed by atoms with van der Waals surface area (Å²) in [6, 6.07) is 11.3. The lowest BCUT2D eigenvalue weighted by Gasteiger charge is -2.14. The van der Waals surface area contributed by atoms with Crippen LogP contribution in [-0.4, -0.2) is 29.7 Å². The maximum atomic E-state index is 12.3. The Morgan fingerprint density at radius 1 is 1.28 bits per heavy atom. The number of methoxy groups -OCH3 is 1. The van der Waals surface area contributed by atoms with Gasteiger partial charge in [0.2, 0.25) is 0 Å². The molecule has 1 aliphatic heterocycles. The molecule has 0 radical (unpaired) electrons. The molecule has 5 nitrogen and oxygen atoms in total. The van der Waals surface area contributed by atoms with Crippen molar-refractivity contribution in [2.24, 2.45) is 0 Å². The molecule has 2 amide bonds. The summed E-state index contributed by atoms with van der Waals surface area (Å²) in [6.07, 6.45) is 6.79. The van der Waals surface area contributed by atoms with Crippen LogP contribution in [0.1, 0.15) is 16.7 Å². The molecule has 0 aliphatic carbocycles. The van der Waals surface area contributed by atoms with Gasteiger partial charge in [0, 0.05) is 0 Å². The van der Waals surface area contributed by atoms with Gasteiger partial charge in [0.25, 0.3) is 11.1 Å². The van der Waals surface area contributed by atoms with E-state index >= 15 is 0 Å². The molecule has 0 atom stereocenters. The van der Waals surface area contributed by atoms with Crippen molar-refractivity contribution >= 4 is 40.6 Å². The van der Waals surface area contributed by atoms with Crippen LogP contribution >= 0.6 is 23.4 Å². The zero-order chi connectivity index (χ0) is 21.0. The molecule has 0 unspecified atom stereocenters. The number of carbonyl (C=O) groups is 2. The standard InChI is InChI=1S/C22H18ClNO4S/c1-4-8-24-21(25)19(29-22(24)26)12-16-10-17(23)20(18(11-16)27-3)28-13-15-7-5-6-14(2)9-15/h1,5-7,9-12H,8,13H2,2-3H3/b19-12+. The van der Waals surface area contributed by atoms with Crippen molar-refractivity contribution in [3.8, 4) is 23.8 Å². The maximum absolute atomic E-state index is 12.3. The molecule has 1 fully saturated rings. The first-order valence-electron chi connectivity index (χ1n) is 8.67. The number of nitrogens with zero attached hydrogens (tertiary/aromatic N) is 1. The van der Waals surface area contributed by atoms with Gasteiger partial charge in [-0.15, -0.1) is 6.42 Å². The normalized spacial score (nSPS) is 15.0. The van der Waals surface area contributed by atoms with Gasteiger partial charge in [-0.3, -0.25) is 14.5 Å². The summed E-state index contributed by atoms with van der Waals surface area (Å²) in [6.45, 7) is 2.29. The number of hydrogen-bond acceptors (Lipinski definition) is 5. The average molecular weight is 428 g/mol. The predicted molar refractivity (Wildman–Crippen MR) is 115 cm³/mol. The highest BCUT2D eigenvalue weighted by Crippen LogP contribution is 2.39. The summed E-state index contributed by atoms with van der Waals surface area (Å²) in [5.74, 6) is 2.72. The van der Waals surface area contributed by atoms with E-state index in [0.717, 1.165) is 27.8 Å². The minimum absolute atomic E-state index is 0.0577. The van der Waals surface area contributed by atoms with Gasteiger partial charge in [-0.2, -0.15) is 0 Å². The lowest BCUT2D eigenvalue weighted by atomic mass is 10.1. The predicted octanol–water partition coefficient (Wildman–Crippen LogP) is 4.91. The molecule has 0 spiro atoms. The van der Waals surface area contributed by atoms with E-state index in [1.807, 2.05) is 31.2 Å². The van der Waals surface area contributed by atoms with Crippen molar-refractivity contribution in [1.82, 2.24) is 4.90 Å². The second-order valence-corrected chi connectivity index (χ2v) is 7.68. The van der Waals surface area contributed by atoms with Crippen LogP contribution in [0.15, 0.2) is 41.3 Å². The molecule has 0 saturated carbocycles. The first-order chi connectivity index (χ1) is 13.9. The highest BCUT2D eigenvalue weighted by Gasteiger charge is 2.34. The van der Waals surface area contributed by atoms with Crippen LogP contribution in [0.4, 0.5) is 4.79 Å². The molecule has 2 aromatic rings. The van der Waals surface area contributed by atoms with Gasteiger partial charge in [0.1, 0.15) is 6.61 Å². The largest absolute Gasteiger partial charge is 0.493 e. The number of thioether (sulfide) groups is 1. The monoisotopic (exact) mass is 427 g/mol. The summed E-state index contributed by atoms with van der Waals surface area (Å²) < 4.78 is 11.3. The van der Waals surface area contributed by atoms with E-state index in [-0.39, 0.29) is 11.4 Å². The fourth-order valence-electron chi connectivity index (χ4n) is 2.80. The van der Waals surface area contributed by atoms with Crippen LogP contribution in [0, 0.1) is 19.3 Å². The minimum Gasteiger partial charge on any atom is -0.493 e. The molecular weight excluding hydrogens is 410 g/mol.